The van der Waals surface area contributed by atoms with Gasteiger partial charge in [-0.3, -0.25) is 19.8 Å². The summed E-state index contributed by atoms with van der Waals surface area (Å²) in [5.74, 6) is -3.37. The molecule has 0 bridgehead atoms. The van der Waals surface area contributed by atoms with Gasteiger partial charge in [0, 0.05) is 49.1 Å². The zero-order valence-electron chi connectivity index (χ0n) is 18.6. The van der Waals surface area contributed by atoms with Crippen molar-refractivity contribution in [2.24, 2.45) is 0 Å². The van der Waals surface area contributed by atoms with Gasteiger partial charge in [0.15, 0.2) is 5.69 Å². The lowest BCUT2D eigenvalue weighted by Gasteiger charge is -2.15. The van der Waals surface area contributed by atoms with E-state index in [1.807, 2.05) is 12.1 Å². The van der Waals surface area contributed by atoms with Gasteiger partial charge in [-0.1, -0.05) is 6.07 Å². The van der Waals surface area contributed by atoms with Crippen LogP contribution in [0, 0.1) is 0 Å². The van der Waals surface area contributed by atoms with E-state index in [1.165, 1.54) is 0 Å². The number of fused-ring (bicyclic) bond motifs is 1. The van der Waals surface area contributed by atoms with Crippen LogP contribution in [0.2, 0.25) is 0 Å². The number of alkyl halides is 5. The van der Waals surface area contributed by atoms with Gasteiger partial charge in [-0.25, -0.2) is 13.8 Å². The number of H-pyrrole nitrogens is 1. The van der Waals surface area contributed by atoms with E-state index in [0.29, 0.717) is 30.2 Å². The molecule has 186 valence electrons. The molecule has 1 aromatic carbocycles. The molecule has 1 fully saturated rings. The average molecular weight is 502 g/mol. The van der Waals surface area contributed by atoms with Gasteiger partial charge in [-0.15, -0.1) is 0 Å². The van der Waals surface area contributed by atoms with Gasteiger partial charge < -0.3 is 5.32 Å². The first-order valence-electron chi connectivity index (χ1n) is 10.9. The summed E-state index contributed by atoms with van der Waals surface area (Å²) in [5, 5.41) is 9.74. The maximum atomic E-state index is 13.5. The number of rotatable bonds is 5. The van der Waals surface area contributed by atoms with Crippen LogP contribution in [-0.2, 0) is 12.7 Å². The molecule has 2 N–H and O–H groups in total. The van der Waals surface area contributed by atoms with Gasteiger partial charge in [0.05, 0.1) is 17.6 Å². The van der Waals surface area contributed by atoms with E-state index in [2.05, 4.69) is 25.5 Å². The Morgan fingerprint density at radius 1 is 1.08 bits per heavy atom. The Hall–Kier alpha value is -3.93. The second-order valence-electron chi connectivity index (χ2n) is 8.62. The highest BCUT2D eigenvalue weighted by Crippen LogP contribution is 2.31. The standard InChI is InChI=1S/C24H19F5N6O/c25-23(26)5-6-35(13-23)12-14-7-16(10-30-9-14)15-1-3-19-18(8-15)21(34-33-19)22(36)32-20-4-2-17(11-31-20)24(27,28)29/h1-4,7-11H,5-6,12-13H2,(H,33,34)(H,31,32,36). The van der Waals surface area contributed by atoms with E-state index in [9.17, 15) is 26.7 Å². The average Bonchev–Trinajstić information content (AvgIpc) is 3.41. The van der Waals surface area contributed by atoms with Crippen molar-refractivity contribution < 1.29 is 26.7 Å². The Bertz CT molecular complexity index is 1420. The molecule has 4 heterocycles. The zero-order valence-corrected chi connectivity index (χ0v) is 18.6. The maximum absolute atomic E-state index is 13.5. The molecule has 0 atom stereocenters. The highest BCUT2D eigenvalue weighted by molar-refractivity contribution is 6.11. The molecule has 1 aliphatic rings. The molecule has 0 radical (unpaired) electrons. The number of nitrogens with one attached hydrogen (secondary N) is 2. The van der Waals surface area contributed by atoms with Crippen LogP contribution < -0.4 is 5.32 Å². The normalized spacial score (nSPS) is 15.9. The molecule has 5 rings (SSSR count). The van der Waals surface area contributed by atoms with E-state index in [1.54, 1.807) is 29.4 Å². The van der Waals surface area contributed by atoms with E-state index in [0.717, 1.165) is 28.8 Å². The molecular formula is C24H19F5N6O. The van der Waals surface area contributed by atoms with Crippen molar-refractivity contribution in [1.82, 2.24) is 25.1 Å². The second-order valence-corrected chi connectivity index (χ2v) is 8.62. The van der Waals surface area contributed by atoms with Crippen LogP contribution in [0.4, 0.5) is 27.8 Å². The minimum atomic E-state index is -4.53. The number of likely N-dealkylation sites (tertiary alicyclic amines) is 1. The Kier molecular flexibility index (Phi) is 5.91. The molecule has 1 aliphatic heterocycles. The molecule has 1 amide bonds. The summed E-state index contributed by atoms with van der Waals surface area (Å²) in [5.41, 5.74) is 1.93. The highest BCUT2D eigenvalue weighted by atomic mass is 19.4. The number of amides is 1. The SMILES string of the molecule is O=C(Nc1ccc(C(F)(F)F)cn1)c1n[nH]c2ccc(-c3cncc(CN4CCC(F)(F)C4)c3)cc12. The lowest BCUT2D eigenvalue weighted by molar-refractivity contribution is -0.137. The number of carbonyl (C=O) groups is 1. The highest BCUT2D eigenvalue weighted by Gasteiger charge is 2.38. The number of anilines is 1. The molecule has 0 spiro atoms. The number of hydrogen-bond donors (Lipinski definition) is 2. The van der Waals surface area contributed by atoms with Crippen molar-refractivity contribution in [3.8, 4) is 11.1 Å². The van der Waals surface area contributed by atoms with E-state index >= 15 is 0 Å². The van der Waals surface area contributed by atoms with Crippen LogP contribution in [0.1, 0.15) is 28.0 Å². The summed E-state index contributed by atoms with van der Waals surface area (Å²) in [6.07, 6.45) is -0.790. The summed E-state index contributed by atoms with van der Waals surface area (Å²) < 4.78 is 65.2. The largest absolute Gasteiger partial charge is 0.417 e. The van der Waals surface area contributed by atoms with E-state index < -0.39 is 23.6 Å². The second kappa shape index (κ2) is 8.94. The van der Waals surface area contributed by atoms with Crippen molar-refractivity contribution >= 4 is 22.6 Å². The summed E-state index contributed by atoms with van der Waals surface area (Å²) >= 11 is 0. The maximum Gasteiger partial charge on any atom is 0.417 e. The smallest absolute Gasteiger partial charge is 0.305 e. The van der Waals surface area contributed by atoms with E-state index in [4.69, 9.17) is 0 Å². The molecule has 0 saturated carbocycles. The first-order valence-corrected chi connectivity index (χ1v) is 10.9. The molecule has 4 aromatic rings. The summed E-state index contributed by atoms with van der Waals surface area (Å²) in [6.45, 7) is 0.368. The lowest BCUT2D eigenvalue weighted by atomic mass is 10.0. The molecular weight excluding hydrogens is 483 g/mol. The molecule has 12 heteroatoms. The number of aromatic amines is 1. The Morgan fingerprint density at radius 2 is 1.92 bits per heavy atom. The van der Waals surface area contributed by atoms with Crippen LogP contribution in [0.3, 0.4) is 0 Å². The minimum Gasteiger partial charge on any atom is -0.305 e. The third-order valence-electron chi connectivity index (χ3n) is 5.89. The molecule has 0 unspecified atom stereocenters. The third-order valence-corrected chi connectivity index (χ3v) is 5.89. The van der Waals surface area contributed by atoms with E-state index in [-0.39, 0.29) is 24.5 Å². The molecule has 3 aromatic heterocycles. The van der Waals surface area contributed by atoms with Crippen LogP contribution in [-0.4, -0.2) is 50.0 Å². The molecule has 36 heavy (non-hydrogen) atoms. The fraction of sp³-hybridized carbons (Fsp3) is 0.250. The van der Waals surface area contributed by atoms with Gasteiger partial charge in [0.2, 0.25) is 0 Å². The molecule has 1 saturated heterocycles. The summed E-state index contributed by atoms with van der Waals surface area (Å²) in [4.78, 5) is 22.4. The fourth-order valence-electron chi connectivity index (χ4n) is 4.11. The Morgan fingerprint density at radius 3 is 2.61 bits per heavy atom. The number of halogens is 5. The number of pyridine rings is 2. The van der Waals surface area contributed by atoms with Gasteiger partial charge >= 0.3 is 6.18 Å². The Balaban J connectivity index is 1.36. The molecule has 7 nitrogen and oxygen atoms in total. The van der Waals surface area contributed by atoms with Gasteiger partial charge in [-0.2, -0.15) is 18.3 Å². The van der Waals surface area contributed by atoms with Crippen molar-refractivity contribution in [1.29, 1.82) is 0 Å². The predicted molar refractivity (Wildman–Crippen MR) is 121 cm³/mol. The number of benzene rings is 1. The van der Waals surface area contributed by atoms with Crippen LogP contribution in [0.15, 0.2) is 55.0 Å². The van der Waals surface area contributed by atoms with Crippen molar-refractivity contribution in [2.75, 3.05) is 18.4 Å². The first-order chi connectivity index (χ1) is 17.1. The Labute approximate surface area is 201 Å². The lowest BCUT2D eigenvalue weighted by Crippen LogP contribution is -2.24. The topological polar surface area (TPSA) is 86.8 Å². The number of nitrogens with zero attached hydrogens (tertiary/aromatic N) is 4. The number of carbonyl (C=O) groups excluding carboxylic acids is 1. The van der Waals surface area contributed by atoms with Crippen LogP contribution in [0.5, 0.6) is 0 Å². The van der Waals surface area contributed by atoms with Crippen molar-refractivity contribution in [3.05, 3.63) is 71.8 Å². The number of aromatic nitrogens is 4. The van der Waals surface area contributed by atoms with Crippen LogP contribution in [0.25, 0.3) is 22.0 Å². The minimum absolute atomic E-state index is 0.0389. The van der Waals surface area contributed by atoms with Crippen molar-refractivity contribution in [3.63, 3.8) is 0 Å². The monoisotopic (exact) mass is 502 g/mol. The first kappa shape index (κ1) is 23.8. The third kappa shape index (κ3) is 5.03. The predicted octanol–water partition coefficient (Wildman–Crippen LogP) is 5.13. The van der Waals surface area contributed by atoms with Gasteiger partial charge in [0.25, 0.3) is 11.8 Å². The fourth-order valence-corrected chi connectivity index (χ4v) is 4.11. The van der Waals surface area contributed by atoms with Crippen molar-refractivity contribution in [2.45, 2.75) is 25.1 Å². The summed E-state index contributed by atoms with van der Waals surface area (Å²) in [7, 11) is 0. The van der Waals surface area contributed by atoms with Gasteiger partial charge in [-0.05, 0) is 41.5 Å². The molecule has 0 aliphatic carbocycles. The van der Waals surface area contributed by atoms with Crippen LogP contribution >= 0.6 is 0 Å². The van der Waals surface area contributed by atoms with Gasteiger partial charge in [0.1, 0.15) is 5.82 Å². The quantitative estimate of drug-likeness (QED) is 0.370. The number of hydrogen-bond acceptors (Lipinski definition) is 5. The zero-order chi connectivity index (χ0) is 25.5. The summed E-state index contributed by atoms with van der Waals surface area (Å²) in [6, 6.07) is 9.03.